The maximum Gasteiger partial charge on any atom is 0.254 e. The molecule has 1 heterocycles. The highest BCUT2D eigenvalue weighted by atomic mass is 16.2. The summed E-state index contributed by atoms with van der Waals surface area (Å²) in [5.41, 5.74) is 3.07. The van der Waals surface area contributed by atoms with Crippen LogP contribution < -0.4 is 0 Å². The molecule has 1 aliphatic heterocycles. The Morgan fingerprint density at radius 2 is 1.94 bits per heavy atom. The van der Waals surface area contributed by atoms with Crippen molar-refractivity contribution in [1.82, 2.24) is 4.90 Å². The Hall–Kier alpha value is -1.31. The number of amides is 1. The van der Waals surface area contributed by atoms with Crippen molar-refractivity contribution in [3.8, 4) is 0 Å². The minimum Gasteiger partial charge on any atom is -0.336 e. The number of aryl methyl sites for hydroxylation is 2. The second kappa shape index (κ2) is 4.28. The number of nitrogens with zero attached hydrogens (tertiary/aromatic N) is 1. The van der Waals surface area contributed by atoms with E-state index in [0.717, 1.165) is 36.1 Å². The largest absolute Gasteiger partial charge is 0.336 e. The van der Waals surface area contributed by atoms with Crippen molar-refractivity contribution in [2.45, 2.75) is 39.7 Å². The molecule has 0 saturated carbocycles. The van der Waals surface area contributed by atoms with Crippen LogP contribution in [0.5, 0.6) is 0 Å². The monoisotopic (exact) mass is 217 g/mol. The average molecular weight is 217 g/mol. The predicted octanol–water partition coefficient (Wildman–Crippen LogP) is 2.93. The molecule has 1 amide bonds. The van der Waals surface area contributed by atoms with E-state index in [1.807, 2.05) is 36.9 Å². The van der Waals surface area contributed by atoms with Gasteiger partial charge < -0.3 is 4.90 Å². The first-order chi connectivity index (χ1) is 7.61. The van der Waals surface area contributed by atoms with Gasteiger partial charge in [-0.3, -0.25) is 4.79 Å². The van der Waals surface area contributed by atoms with Gasteiger partial charge in [-0.15, -0.1) is 0 Å². The Kier molecular flexibility index (Phi) is 2.99. The van der Waals surface area contributed by atoms with Crippen molar-refractivity contribution in [2.24, 2.45) is 0 Å². The van der Waals surface area contributed by atoms with Crippen LogP contribution in [0.15, 0.2) is 18.2 Å². The molecule has 2 nitrogen and oxygen atoms in total. The lowest BCUT2D eigenvalue weighted by Crippen LogP contribution is -2.34. The molecule has 1 aromatic carbocycles. The van der Waals surface area contributed by atoms with Gasteiger partial charge in [0.2, 0.25) is 0 Å². The number of carbonyl (C=O) groups is 1. The van der Waals surface area contributed by atoms with Gasteiger partial charge >= 0.3 is 0 Å². The van der Waals surface area contributed by atoms with E-state index in [1.54, 1.807) is 0 Å². The molecular weight excluding hydrogens is 198 g/mol. The lowest BCUT2D eigenvalue weighted by molar-refractivity contribution is 0.0746. The molecule has 0 bridgehead atoms. The molecule has 16 heavy (non-hydrogen) atoms. The second-order valence-corrected chi connectivity index (χ2v) is 4.76. The van der Waals surface area contributed by atoms with Crippen LogP contribution in [0.2, 0.25) is 0 Å². The summed E-state index contributed by atoms with van der Waals surface area (Å²) in [6.07, 6.45) is 2.27. The van der Waals surface area contributed by atoms with Crippen LogP contribution in [0.25, 0.3) is 0 Å². The van der Waals surface area contributed by atoms with E-state index >= 15 is 0 Å². The van der Waals surface area contributed by atoms with Crippen LogP contribution in [0.1, 0.15) is 41.3 Å². The molecule has 1 unspecified atom stereocenters. The van der Waals surface area contributed by atoms with Crippen molar-refractivity contribution in [3.05, 3.63) is 34.9 Å². The summed E-state index contributed by atoms with van der Waals surface area (Å²) in [7, 11) is 0. The highest BCUT2D eigenvalue weighted by molar-refractivity contribution is 5.97. The first-order valence-corrected chi connectivity index (χ1v) is 5.98. The Morgan fingerprint density at radius 1 is 1.31 bits per heavy atom. The van der Waals surface area contributed by atoms with Gasteiger partial charge in [0.25, 0.3) is 5.91 Å². The number of benzene rings is 1. The van der Waals surface area contributed by atoms with Crippen molar-refractivity contribution in [2.75, 3.05) is 6.54 Å². The Labute approximate surface area is 97.3 Å². The fourth-order valence-corrected chi connectivity index (χ4v) is 2.53. The van der Waals surface area contributed by atoms with Crippen molar-refractivity contribution < 1.29 is 4.79 Å². The molecule has 1 atom stereocenters. The minimum atomic E-state index is 0.209. The molecule has 2 heteroatoms. The van der Waals surface area contributed by atoms with Gasteiger partial charge in [0, 0.05) is 18.2 Å². The van der Waals surface area contributed by atoms with Gasteiger partial charge in [-0.25, -0.2) is 0 Å². The first kappa shape index (κ1) is 11.2. The van der Waals surface area contributed by atoms with E-state index < -0.39 is 0 Å². The molecule has 86 valence electrons. The van der Waals surface area contributed by atoms with E-state index in [-0.39, 0.29) is 5.91 Å². The summed E-state index contributed by atoms with van der Waals surface area (Å²) in [6, 6.07) is 6.43. The highest BCUT2D eigenvalue weighted by Gasteiger charge is 2.27. The standard InChI is InChI=1S/C14H19NO/c1-10-6-4-7-11(2)13(10)14(16)15-9-5-8-12(15)3/h4,6-7,12H,5,8-9H2,1-3H3. The molecule has 2 rings (SSSR count). The molecule has 1 aromatic rings. The lowest BCUT2D eigenvalue weighted by atomic mass is 10.0. The van der Waals surface area contributed by atoms with Crippen molar-refractivity contribution in [1.29, 1.82) is 0 Å². The topological polar surface area (TPSA) is 20.3 Å². The summed E-state index contributed by atoms with van der Waals surface area (Å²) in [5, 5.41) is 0. The van der Waals surface area contributed by atoms with Crippen molar-refractivity contribution >= 4 is 5.91 Å². The lowest BCUT2D eigenvalue weighted by Gasteiger charge is -2.23. The Morgan fingerprint density at radius 3 is 2.44 bits per heavy atom. The van der Waals surface area contributed by atoms with Gasteiger partial charge in [0.15, 0.2) is 0 Å². The highest BCUT2D eigenvalue weighted by Crippen LogP contribution is 2.22. The SMILES string of the molecule is Cc1cccc(C)c1C(=O)N1CCCC1C. The molecule has 0 aromatic heterocycles. The number of carbonyl (C=O) groups excluding carboxylic acids is 1. The zero-order valence-corrected chi connectivity index (χ0v) is 10.3. The van der Waals surface area contributed by atoms with E-state index in [9.17, 15) is 4.79 Å². The predicted molar refractivity (Wildman–Crippen MR) is 65.6 cm³/mol. The quantitative estimate of drug-likeness (QED) is 0.708. The third kappa shape index (κ3) is 1.84. The zero-order valence-electron chi connectivity index (χ0n) is 10.3. The summed E-state index contributed by atoms with van der Waals surface area (Å²) in [5.74, 6) is 0.209. The zero-order chi connectivity index (χ0) is 11.7. The molecule has 0 radical (unpaired) electrons. The molecule has 0 aliphatic carbocycles. The van der Waals surface area contributed by atoms with Crippen LogP contribution in [0.3, 0.4) is 0 Å². The maximum absolute atomic E-state index is 12.4. The molecule has 1 fully saturated rings. The molecule has 1 aliphatic rings. The third-order valence-electron chi connectivity index (χ3n) is 3.51. The number of hydrogen-bond acceptors (Lipinski definition) is 1. The summed E-state index contributed by atoms with van der Waals surface area (Å²) in [6.45, 7) is 7.08. The summed E-state index contributed by atoms with van der Waals surface area (Å²) < 4.78 is 0. The molecule has 1 saturated heterocycles. The molecule has 0 spiro atoms. The van der Waals surface area contributed by atoms with E-state index in [2.05, 4.69) is 6.92 Å². The molecule has 0 N–H and O–H groups in total. The number of hydrogen-bond donors (Lipinski definition) is 0. The van der Waals surface area contributed by atoms with E-state index in [1.165, 1.54) is 0 Å². The Balaban J connectivity index is 2.33. The van der Waals surface area contributed by atoms with Crippen LogP contribution in [0, 0.1) is 13.8 Å². The second-order valence-electron chi connectivity index (χ2n) is 4.76. The average Bonchev–Trinajstić information content (AvgIpc) is 2.64. The van der Waals surface area contributed by atoms with E-state index in [0.29, 0.717) is 6.04 Å². The van der Waals surface area contributed by atoms with Crippen LogP contribution in [-0.4, -0.2) is 23.4 Å². The van der Waals surface area contributed by atoms with Gasteiger partial charge in [0.1, 0.15) is 0 Å². The van der Waals surface area contributed by atoms with Crippen LogP contribution in [0.4, 0.5) is 0 Å². The van der Waals surface area contributed by atoms with Gasteiger partial charge in [-0.2, -0.15) is 0 Å². The van der Waals surface area contributed by atoms with Crippen LogP contribution in [-0.2, 0) is 0 Å². The Bertz CT molecular complexity index is 391. The van der Waals surface area contributed by atoms with Gasteiger partial charge in [0.05, 0.1) is 0 Å². The molecular formula is C14H19NO. The van der Waals surface area contributed by atoms with E-state index in [4.69, 9.17) is 0 Å². The normalized spacial score (nSPS) is 20.2. The van der Waals surface area contributed by atoms with Gasteiger partial charge in [-0.1, -0.05) is 18.2 Å². The minimum absolute atomic E-state index is 0.209. The van der Waals surface area contributed by atoms with Crippen molar-refractivity contribution in [3.63, 3.8) is 0 Å². The number of likely N-dealkylation sites (tertiary alicyclic amines) is 1. The summed E-state index contributed by atoms with van der Waals surface area (Å²) in [4.78, 5) is 14.4. The fraction of sp³-hybridized carbons (Fsp3) is 0.500. The fourth-order valence-electron chi connectivity index (χ4n) is 2.53. The summed E-state index contributed by atoms with van der Waals surface area (Å²) >= 11 is 0. The third-order valence-corrected chi connectivity index (χ3v) is 3.51. The first-order valence-electron chi connectivity index (χ1n) is 5.98. The van der Waals surface area contributed by atoms with Crippen LogP contribution >= 0.6 is 0 Å². The number of rotatable bonds is 1. The van der Waals surface area contributed by atoms with Gasteiger partial charge in [-0.05, 0) is 44.7 Å². The smallest absolute Gasteiger partial charge is 0.254 e. The maximum atomic E-state index is 12.4.